The quantitative estimate of drug-likeness (QED) is 0.676. The van der Waals surface area contributed by atoms with E-state index in [-0.39, 0.29) is 17.6 Å². The van der Waals surface area contributed by atoms with Crippen LogP contribution in [0.4, 0.5) is 13.2 Å². The van der Waals surface area contributed by atoms with Crippen LogP contribution in [0, 0.1) is 5.41 Å². The maximum Gasteiger partial charge on any atom is 0.411 e. The number of ether oxygens (including phenoxy) is 1. The van der Waals surface area contributed by atoms with Crippen LogP contribution in [0.3, 0.4) is 0 Å². The standard InChI is InChI=1S/C14H28F3NO/c1-12(2,3)18-9-8-13(4,5)7-6-10-19-11-14(15,16)17/h18H,6-11H2,1-5H3. The zero-order valence-corrected chi connectivity index (χ0v) is 12.8. The number of halogens is 3. The Morgan fingerprint density at radius 1 is 0.947 bits per heavy atom. The molecule has 0 bridgehead atoms. The van der Waals surface area contributed by atoms with Gasteiger partial charge in [0.2, 0.25) is 0 Å². The van der Waals surface area contributed by atoms with Crippen molar-refractivity contribution in [3.8, 4) is 0 Å². The van der Waals surface area contributed by atoms with Crippen LogP contribution in [-0.2, 0) is 4.74 Å². The number of nitrogens with one attached hydrogen (secondary N) is 1. The van der Waals surface area contributed by atoms with E-state index in [1.807, 2.05) is 0 Å². The highest BCUT2D eigenvalue weighted by Gasteiger charge is 2.27. The van der Waals surface area contributed by atoms with Crippen molar-refractivity contribution in [2.45, 2.75) is 65.6 Å². The fraction of sp³-hybridized carbons (Fsp3) is 1.00. The van der Waals surface area contributed by atoms with Crippen LogP contribution in [0.15, 0.2) is 0 Å². The largest absolute Gasteiger partial charge is 0.411 e. The first kappa shape index (κ1) is 18.7. The highest BCUT2D eigenvalue weighted by Crippen LogP contribution is 2.26. The average molecular weight is 283 g/mol. The molecule has 0 aliphatic carbocycles. The van der Waals surface area contributed by atoms with Crippen LogP contribution < -0.4 is 5.32 Å². The van der Waals surface area contributed by atoms with Crippen LogP contribution in [0.2, 0.25) is 0 Å². The monoisotopic (exact) mass is 283 g/mol. The summed E-state index contributed by atoms with van der Waals surface area (Å²) in [4.78, 5) is 0. The molecule has 2 nitrogen and oxygen atoms in total. The van der Waals surface area contributed by atoms with Gasteiger partial charge in [-0.3, -0.25) is 0 Å². The van der Waals surface area contributed by atoms with E-state index in [1.165, 1.54) is 0 Å². The molecule has 116 valence electrons. The third-order valence-corrected chi connectivity index (χ3v) is 2.87. The Labute approximate surface area is 115 Å². The molecule has 0 heterocycles. The van der Waals surface area contributed by atoms with Gasteiger partial charge in [0, 0.05) is 12.1 Å². The molecule has 0 saturated heterocycles. The fourth-order valence-corrected chi connectivity index (χ4v) is 1.74. The van der Waals surface area contributed by atoms with E-state index in [9.17, 15) is 13.2 Å². The molecule has 0 atom stereocenters. The summed E-state index contributed by atoms with van der Waals surface area (Å²) in [6, 6.07) is 0. The van der Waals surface area contributed by atoms with Gasteiger partial charge in [-0.25, -0.2) is 0 Å². The second kappa shape index (κ2) is 7.48. The lowest BCUT2D eigenvalue weighted by Gasteiger charge is -2.28. The van der Waals surface area contributed by atoms with Gasteiger partial charge >= 0.3 is 6.18 Å². The van der Waals surface area contributed by atoms with Gasteiger partial charge in [0.15, 0.2) is 0 Å². The molecule has 0 aromatic heterocycles. The first-order chi connectivity index (χ1) is 8.41. The summed E-state index contributed by atoms with van der Waals surface area (Å²) in [6.45, 7) is 10.6. The van der Waals surface area contributed by atoms with Crippen LogP contribution in [0.5, 0.6) is 0 Å². The smallest absolute Gasteiger partial charge is 0.372 e. The van der Waals surface area contributed by atoms with Crippen molar-refractivity contribution in [2.75, 3.05) is 19.8 Å². The van der Waals surface area contributed by atoms with Crippen LogP contribution in [-0.4, -0.2) is 31.5 Å². The van der Waals surface area contributed by atoms with E-state index in [2.05, 4.69) is 44.7 Å². The first-order valence-corrected chi connectivity index (χ1v) is 6.81. The van der Waals surface area contributed by atoms with E-state index in [0.717, 1.165) is 19.4 Å². The van der Waals surface area contributed by atoms with E-state index in [4.69, 9.17) is 0 Å². The van der Waals surface area contributed by atoms with Crippen molar-refractivity contribution in [1.29, 1.82) is 0 Å². The molecule has 0 unspecified atom stereocenters. The molecule has 0 aliphatic rings. The Balaban J connectivity index is 3.68. The Hall–Kier alpha value is -0.290. The van der Waals surface area contributed by atoms with Gasteiger partial charge in [-0.1, -0.05) is 13.8 Å². The molecule has 0 aromatic carbocycles. The first-order valence-electron chi connectivity index (χ1n) is 6.81. The van der Waals surface area contributed by atoms with Crippen LogP contribution in [0.1, 0.15) is 53.9 Å². The topological polar surface area (TPSA) is 21.3 Å². The number of alkyl halides is 3. The molecule has 1 N–H and O–H groups in total. The molecule has 19 heavy (non-hydrogen) atoms. The molecule has 0 aliphatic heterocycles. The molecule has 5 heteroatoms. The van der Waals surface area contributed by atoms with Gasteiger partial charge in [-0.15, -0.1) is 0 Å². The SMILES string of the molecule is CC(C)(CCCOCC(F)(F)F)CCNC(C)(C)C. The van der Waals surface area contributed by atoms with Gasteiger partial charge in [0.25, 0.3) is 0 Å². The van der Waals surface area contributed by atoms with Crippen molar-refractivity contribution < 1.29 is 17.9 Å². The zero-order valence-electron chi connectivity index (χ0n) is 12.8. The third-order valence-electron chi connectivity index (χ3n) is 2.87. The van der Waals surface area contributed by atoms with E-state index >= 15 is 0 Å². The minimum Gasteiger partial charge on any atom is -0.372 e. The summed E-state index contributed by atoms with van der Waals surface area (Å²) in [7, 11) is 0. The lowest BCUT2D eigenvalue weighted by atomic mass is 9.84. The van der Waals surface area contributed by atoms with Crippen LogP contribution >= 0.6 is 0 Å². The molecule has 0 radical (unpaired) electrons. The van der Waals surface area contributed by atoms with E-state index in [1.54, 1.807) is 0 Å². The third kappa shape index (κ3) is 13.9. The van der Waals surface area contributed by atoms with Gasteiger partial charge in [0.05, 0.1) is 0 Å². The second-order valence-electron chi connectivity index (χ2n) is 6.86. The summed E-state index contributed by atoms with van der Waals surface area (Å²) in [6.07, 6.45) is -1.68. The minimum absolute atomic E-state index is 0.103. The normalized spacial score (nSPS) is 13.9. The summed E-state index contributed by atoms with van der Waals surface area (Å²) < 4.78 is 40.2. The van der Waals surface area contributed by atoms with Crippen LogP contribution in [0.25, 0.3) is 0 Å². The van der Waals surface area contributed by atoms with Crippen molar-refractivity contribution >= 4 is 0 Å². The second-order valence-corrected chi connectivity index (χ2v) is 6.86. The molecule has 0 saturated carbocycles. The Kier molecular flexibility index (Phi) is 7.37. The van der Waals surface area contributed by atoms with Crippen molar-refractivity contribution in [1.82, 2.24) is 5.32 Å². The van der Waals surface area contributed by atoms with E-state index < -0.39 is 12.8 Å². The number of hydrogen-bond acceptors (Lipinski definition) is 2. The summed E-state index contributed by atoms with van der Waals surface area (Å²) in [5, 5.41) is 3.42. The highest BCUT2D eigenvalue weighted by molar-refractivity contribution is 4.75. The molecule has 0 fully saturated rings. The molecular formula is C14H28F3NO. The maximum atomic E-state index is 11.9. The molecule has 0 spiro atoms. The van der Waals surface area contributed by atoms with Gasteiger partial charge in [0.1, 0.15) is 6.61 Å². The predicted octanol–water partition coefficient (Wildman–Crippen LogP) is 4.15. The predicted molar refractivity (Wildman–Crippen MR) is 72.3 cm³/mol. The van der Waals surface area contributed by atoms with Crippen molar-refractivity contribution in [2.24, 2.45) is 5.41 Å². The zero-order chi connectivity index (χ0) is 15.2. The minimum atomic E-state index is -4.22. The average Bonchev–Trinajstić information content (AvgIpc) is 2.12. The van der Waals surface area contributed by atoms with Crippen molar-refractivity contribution in [3.05, 3.63) is 0 Å². The lowest BCUT2D eigenvalue weighted by Crippen LogP contribution is -2.37. The fourth-order valence-electron chi connectivity index (χ4n) is 1.74. The number of rotatable bonds is 8. The lowest BCUT2D eigenvalue weighted by molar-refractivity contribution is -0.174. The number of hydrogen-bond donors (Lipinski definition) is 1. The molecular weight excluding hydrogens is 255 g/mol. The molecule has 0 aromatic rings. The van der Waals surface area contributed by atoms with Gasteiger partial charge in [-0.05, 0) is 52.0 Å². The van der Waals surface area contributed by atoms with Crippen molar-refractivity contribution in [3.63, 3.8) is 0 Å². The van der Waals surface area contributed by atoms with E-state index in [0.29, 0.717) is 6.42 Å². The molecule has 0 rings (SSSR count). The summed E-state index contributed by atoms with van der Waals surface area (Å²) >= 11 is 0. The Morgan fingerprint density at radius 2 is 1.53 bits per heavy atom. The molecule has 0 amide bonds. The van der Waals surface area contributed by atoms with Gasteiger partial charge in [-0.2, -0.15) is 13.2 Å². The van der Waals surface area contributed by atoms with Gasteiger partial charge < -0.3 is 10.1 Å². The summed E-state index contributed by atoms with van der Waals surface area (Å²) in [5.74, 6) is 0. The summed E-state index contributed by atoms with van der Waals surface area (Å²) in [5.41, 5.74) is 0.228. The highest BCUT2D eigenvalue weighted by atomic mass is 19.4. The maximum absolute atomic E-state index is 11.9. The Morgan fingerprint density at radius 3 is 2.00 bits per heavy atom. The Bertz CT molecular complexity index is 244.